The molecule has 0 radical (unpaired) electrons. The van der Waals surface area contributed by atoms with Crippen molar-refractivity contribution in [1.29, 1.82) is 0 Å². The van der Waals surface area contributed by atoms with Crippen molar-refractivity contribution in [2.24, 2.45) is 0 Å². The van der Waals surface area contributed by atoms with Crippen LogP contribution in [0.1, 0.15) is 50.9 Å². The number of aromatic nitrogens is 3. The van der Waals surface area contributed by atoms with Crippen molar-refractivity contribution in [1.82, 2.24) is 15.0 Å². The van der Waals surface area contributed by atoms with Gasteiger partial charge >= 0.3 is 12.1 Å². The minimum Gasteiger partial charge on any atom is -0.249 e. The summed E-state index contributed by atoms with van der Waals surface area (Å²) in [6.45, 7) is 5.25. The van der Waals surface area contributed by atoms with Crippen LogP contribution >= 0.6 is 0 Å². The highest BCUT2D eigenvalue weighted by Gasteiger charge is 2.62. The zero-order chi connectivity index (χ0) is 14.8. The van der Waals surface area contributed by atoms with Gasteiger partial charge in [-0.3, -0.25) is 0 Å². The van der Waals surface area contributed by atoms with Crippen LogP contribution in [0, 0.1) is 0 Å². The Morgan fingerprint density at radius 3 is 2.16 bits per heavy atom. The highest BCUT2D eigenvalue weighted by atomic mass is 19.4. The summed E-state index contributed by atoms with van der Waals surface area (Å²) in [6, 6.07) is 0. The van der Waals surface area contributed by atoms with Crippen molar-refractivity contribution in [2.75, 3.05) is 0 Å². The van der Waals surface area contributed by atoms with E-state index in [4.69, 9.17) is 0 Å². The van der Waals surface area contributed by atoms with Crippen LogP contribution in [-0.2, 0) is 12.5 Å². The van der Waals surface area contributed by atoms with Gasteiger partial charge in [0.1, 0.15) is 0 Å². The minimum atomic E-state index is -5.66. The number of hydrogen-bond donors (Lipinski definition) is 0. The summed E-state index contributed by atoms with van der Waals surface area (Å²) in [5.41, 5.74) is -1.44. The molecule has 0 atom stereocenters. The van der Waals surface area contributed by atoms with Crippen LogP contribution in [0.3, 0.4) is 0 Å². The van der Waals surface area contributed by atoms with E-state index in [9.17, 15) is 22.0 Å². The predicted molar refractivity (Wildman–Crippen MR) is 59.0 cm³/mol. The zero-order valence-corrected chi connectivity index (χ0v) is 10.9. The molecule has 0 saturated carbocycles. The Morgan fingerprint density at radius 2 is 1.74 bits per heavy atom. The van der Waals surface area contributed by atoms with Gasteiger partial charge in [-0.05, 0) is 12.3 Å². The first-order valence-corrected chi connectivity index (χ1v) is 6.01. The van der Waals surface area contributed by atoms with E-state index in [0.717, 1.165) is 11.1 Å². The molecule has 3 nitrogen and oxygen atoms in total. The number of aryl methyl sites for hydroxylation is 1. The van der Waals surface area contributed by atoms with Gasteiger partial charge in [0, 0.05) is 6.54 Å². The molecule has 1 aromatic heterocycles. The van der Waals surface area contributed by atoms with Crippen LogP contribution in [0.15, 0.2) is 0 Å². The van der Waals surface area contributed by atoms with E-state index in [2.05, 4.69) is 10.3 Å². The van der Waals surface area contributed by atoms with Crippen molar-refractivity contribution in [2.45, 2.75) is 58.2 Å². The third-order valence-corrected chi connectivity index (χ3v) is 2.70. The summed E-state index contributed by atoms with van der Waals surface area (Å²) >= 11 is 0. The van der Waals surface area contributed by atoms with Crippen LogP contribution in [0.5, 0.6) is 0 Å². The van der Waals surface area contributed by atoms with Crippen LogP contribution in [0.2, 0.25) is 0 Å². The Labute approximate surface area is 107 Å². The fourth-order valence-corrected chi connectivity index (χ4v) is 1.72. The van der Waals surface area contributed by atoms with Gasteiger partial charge in [-0.25, -0.2) is 4.68 Å². The van der Waals surface area contributed by atoms with Crippen LogP contribution in [-0.4, -0.2) is 21.2 Å². The second-order valence-corrected chi connectivity index (χ2v) is 4.63. The summed E-state index contributed by atoms with van der Waals surface area (Å²) < 4.78 is 65.1. The highest BCUT2D eigenvalue weighted by molar-refractivity contribution is 5.21. The Bertz CT molecular complexity index is 422. The molecule has 0 N–H and O–H groups in total. The molecule has 0 bridgehead atoms. The van der Waals surface area contributed by atoms with E-state index in [-0.39, 0.29) is 12.2 Å². The van der Waals surface area contributed by atoms with E-state index in [0.29, 0.717) is 6.42 Å². The topological polar surface area (TPSA) is 30.7 Å². The number of rotatable bonds is 5. The van der Waals surface area contributed by atoms with E-state index < -0.39 is 23.7 Å². The smallest absolute Gasteiger partial charge is 0.249 e. The lowest BCUT2D eigenvalue weighted by Crippen LogP contribution is -2.35. The lowest BCUT2D eigenvalue weighted by Gasteiger charge is -2.20. The Morgan fingerprint density at radius 1 is 1.16 bits per heavy atom. The van der Waals surface area contributed by atoms with Crippen LogP contribution < -0.4 is 0 Å². The number of unbranched alkanes of at least 4 members (excludes halogenated alkanes) is 1. The Hall–Kier alpha value is -1.21. The standard InChI is InChI=1S/C11H16F5N3/c1-4-5-6-19-8(7(2)3)9(17-18-19)10(12,13)11(14,15)16/h7H,4-6H2,1-3H3. The average molecular weight is 285 g/mol. The first-order valence-electron chi connectivity index (χ1n) is 6.01. The zero-order valence-electron chi connectivity index (χ0n) is 10.9. The maximum absolute atomic E-state index is 13.4. The molecule has 0 aliphatic rings. The summed E-state index contributed by atoms with van der Waals surface area (Å²) in [7, 11) is 0. The van der Waals surface area contributed by atoms with E-state index in [1.807, 2.05) is 6.92 Å². The molecule has 110 valence electrons. The van der Waals surface area contributed by atoms with Crippen molar-refractivity contribution in [3.05, 3.63) is 11.4 Å². The predicted octanol–water partition coefficient (Wildman–Crippen LogP) is 3.86. The number of hydrogen-bond acceptors (Lipinski definition) is 2. The van der Waals surface area contributed by atoms with Crippen LogP contribution in [0.4, 0.5) is 22.0 Å². The van der Waals surface area contributed by atoms with Crippen molar-refractivity contribution in [3.8, 4) is 0 Å². The Kier molecular flexibility index (Phi) is 4.52. The molecular weight excluding hydrogens is 269 g/mol. The van der Waals surface area contributed by atoms with E-state index in [1.165, 1.54) is 13.8 Å². The summed E-state index contributed by atoms with van der Waals surface area (Å²) in [5.74, 6) is -5.49. The monoisotopic (exact) mass is 285 g/mol. The average Bonchev–Trinajstić information content (AvgIpc) is 2.68. The molecule has 1 aromatic rings. The van der Waals surface area contributed by atoms with Crippen LogP contribution in [0.25, 0.3) is 0 Å². The highest BCUT2D eigenvalue weighted by Crippen LogP contribution is 2.45. The van der Waals surface area contributed by atoms with Gasteiger partial charge in [0.05, 0.1) is 5.69 Å². The molecule has 0 spiro atoms. The Balaban J connectivity index is 3.26. The van der Waals surface area contributed by atoms with E-state index >= 15 is 0 Å². The number of nitrogens with zero attached hydrogens (tertiary/aromatic N) is 3. The summed E-state index contributed by atoms with van der Waals surface area (Å²) in [6.07, 6.45) is -4.25. The van der Waals surface area contributed by atoms with E-state index in [1.54, 1.807) is 0 Å². The molecular formula is C11H16F5N3. The first kappa shape index (κ1) is 15.8. The second-order valence-electron chi connectivity index (χ2n) is 4.63. The molecule has 0 aromatic carbocycles. The third-order valence-electron chi connectivity index (χ3n) is 2.70. The van der Waals surface area contributed by atoms with Crippen molar-refractivity contribution >= 4 is 0 Å². The van der Waals surface area contributed by atoms with Crippen molar-refractivity contribution in [3.63, 3.8) is 0 Å². The molecule has 19 heavy (non-hydrogen) atoms. The maximum Gasteiger partial charge on any atom is 0.459 e. The number of alkyl halides is 5. The largest absolute Gasteiger partial charge is 0.459 e. The molecule has 1 rings (SSSR count). The van der Waals surface area contributed by atoms with Gasteiger partial charge in [-0.1, -0.05) is 32.4 Å². The summed E-state index contributed by atoms with van der Waals surface area (Å²) in [4.78, 5) is 0. The van der Waals surface area contributed by atoms with Gasteiger partial charge in [0.15, 0.2) is 5.69 Å². The fourth-order valence-electron chi connectivity index (χ4n) is 1.72. The SMILES string of the molecule is CCCCn1nnc(C(F)(F)C(F)(F)F)c1C(C)C. The third kappa shape index (κ3) is 3.03. The van der Waals surface area contributed by atoms with Gasteiger partial charge in [0.2, 0.25) is 0 Å². The van der Waals surface area contributed by atoms with Gasteiger partial charge in [-0.15, -0.1) is 5.10 Å². The maximum atomic E-state index is 13.4. The fraction of sp³-hybridized carbons (Fsp3) is 0.818. The second kappa shape index (κ2) is 5.42. The molecule has 0 aliphatic carbocycles. The van der Waals surface area contributed by atoms with Gasteiger partial charge < -0.3 is 0 Å². The number of halogens is 5. The van der Waals surface area contributed by atoms with Gasteiger partial charge in [0.25, 0.3) is 0 Å². The molecule has 0 fully saturated rings. The summed E-state index contributed by atoms with van der Waals surface area (Å²) in [5, 5.41) is 6.51. The normalized spacial score (nSPS) is 13.3. The van der Waals surface area contributed by atoms with Gasteiger partial charge in [-0.2, -0.15) is 22.0 Å². The molecule has 0 unspecified atom stereocenters. The lowest BCUT2D eigenvalue weighted by atomic mass is 10.0. The minimum absolute atomic E-state index is 0.157. The molecule has 8 heteroatoms. The quantitative estimate of drug-likeness (QED) is 0.769. The first-order chi connectivity index (χ1) is 8.63. The molecule has 0 saturated heterocycles. The molecule has 0 aliphatic heterocycles. The van der Waals surface area contributed by atoms with Crippen molar-refractivity contribution < 1.29 is 22.0 Å². The molecule has 1 heterocycles. The lowest BCUT2D eigenvalue weighted by molar-refractivity contribution is -0.291. The molecule has 0 amide bonds.